The number of carboxylic acids is 1. The molecule has 0 atom stereocenters. The molecule has 1 aromatic rings. The predicted octanol–water partition coefficient (Wildman–Crippen LogP) is 2.04. The van der Waals surface area contributed by atoms with Crippen molar-refractivity contribution in [2.75, 3.05) is 0 Å². The number of carboxylic acid groups (broad SMARTS) is 1. The summed E-state index contributed by atoms with van der Waals surface area (Å²) in [5.74, 6) is -3.39. The van der Waals surface area contributed by atoms with E-state index in [-0.39, 0.29) is 17.5 Å². The first-order valence-corrected chi connectivity index (χ1v) is 4.06. The summed E-state index contributed by atoms with van der Waals surface area (Å²) in [6.07, 6.45) is -0.283. The van der Waals surface area contributed by atoms with Gasteiger partial charge in [-0.3, -0.25) is 0 Å². The molecular formula is C10H7F2NO2. The molecule has 5 heteroatoms. The average molecular weight is 211 g/mol. The van der Waals surface area contributed by atoms with Gasteiger partial charge in [0.2, 0.25) is 0 Å². The molecule has 0 spiro atoms. The van der Waals surface area contributed by atoms with Crippen LogP contribution in [0.15, 0.2) is 6.07 Å². The van der Waals surface area contributed by atoms with Crippen molar-refractivity contribution < 1.29 is 18.7 Å². The lowest BCUT2D eigenvalue weighted by Gasteiger charge is -2.07. The van der Waals surface area contributed by atoms with Crippen molar-refractivity contribution in [2.45, 2.75) is 13.3 Å². The minimum atomic E-state index is -1.53. The number of nitrogens with zero attached hydrogens (tertiary/aromatic N) is 1. The molecule has 0 saturated carbocycles. The fourth-order valence-electron chi connectivity index (χ4n) is 1.24. The molecule has 0 radical (unpaired) electrons. The van der Waals surface area contributed by atoms with Crippen LogP contribution in [0.5, 0.6) is 0 Å². The Morgan fingerprint density at radius 1 is 1.60 bits per heavy atom. The Morgan fingerprint density at radius 2 is 2.20 bits per heavy atom. The van der Waals surface area contributed by atoms with E-state index in [0.29, 0.717) is 6.07 Å². The van der Waals surface area contributed by atoms with Crippen molar-refractivity contribution in [2.24, 2.45) is 0 Å². The largest absolute Gasteiger partial charge is 0.478 e. The molecule has 0 unspecified atom stereocenters. The van der Waals surface area contributed by atoms with Crippen molar-refractivity contribution >= 4 is 5.97 Å². The van der Waals surface area contributed by atoms with Crippen LogP contribution < -0.4 is 0 Å². The minimum absolute atomic E-state index is 0.0972. The molecule has 0 saturated heterocycles. The van der Waals surface area contributed by atoms with Crippen molar-refractivity contribution in [3.05, 3.63) is 34.4 Å². The Bertz CT molecular complexity index is 463. The van der Waals surface area contributed by atoms with Crippen LogP contribution in [0.1, 0.15) is 21.5 Å². The van der Waals surface area contributed by atoms with Gasteiger partial charge in [0, 0.05) is 5.56 Å². The van der Waals surface area contributed by atoms with Gasteiger partial charge in [0.1, 0.15) is 11.6 Å². The van der Waals surface area contributed by atoms with E-state index in [1.807, 2.05) is 0 Å². The zero-order chi connectivity index (χ0) is 11.6. The predicted molar refractivity (Wildman–Crippen MR) is 47.4 cm³/mol. The highest BCUT2D eigenvalue weighted by atomic mass is 19.1. The van der Waals surface area contributed by atoms with Gasteiger partial charge in [-0.1, -0.05) is 0 Å². The van der Waals surface area contributed by atoms with Crippen LogP contribution in [0.4, 0.5) is 8.78 Å². The van der Waals surface area contributed by atoms with Crippen LogP contribution >= 0.6 is 0 Å². The molecule has 1 rings (SSSR count). The van der Waals surface area contributed by atoms with E-state index >= 15 is 0 Å². The monoisotopic (exact) mass is 211 g/mol. The Labute approximate surface area is 84.6 Å². The maximum absolute atomic E-state index is 13.4. The van der Waals surface area contributed by atoms with Gasteiger partial charge in [-0.2, -0.15) is 5.26 Å². The summed E-state index contributed by atoms with van der Waals surface area (Å²) in [5, 5.41) is 16.9. The number of carbonyl (C=O) groups is 1. The SMILES string of the molecule is Cc1c(F)c(C(=O)O)cc(F)c1CC#N. The van der Waals surface area contributed by atoms with Gasteiger partial charge in [-0.25, -0.2) is 13.6 Å². The molecule has 0 amide bonds. The molecule has 1 N–H and O–H groups in total. The van der Waals surface area contributed by atoms with Gasteiger partial charge in [0.25, 0.3) is 0 Å². The fourth-order valence-corrected chi connectivity index (χ4v) is 1.24. The Kier molecular flexibility index (Phi) is 3.00. The summed E-state index contributed by atoms with van der Waals surface area (Å²) in [4.78, 5) is 10.5. The Balaban J connectivity index is 3.45. The van der Waals surface area contributed by atoms with Gasteiger partial charge in [0.05, 0.1) is 18.1 Å². The van der Waals surface area contributed by atoms with Crippen LogP contribution in [-0.2, 0) is 6.42 Å². The van der Waals surface area contributed by atoms with Crippen LogP contribution in [0.2, 0.25) is 0 Å². The summed E-state index contributed by atoms with van der Waals surface area (Å²) < 4.78 is 26.6. The molecule has 0 aliphatic heterocycles. The number of hydrogen-bond acceptors (Lipinski definition) is 2. The summed E-state index contributed by atoms with van der Waals surface area (Å²) in [7, 11) is 0. The topological polar surface area (TPSA) is 61.1 Å². The Morgan fingerprint density at radius 3 is 2.67 bits per heavy atom. The summed E-state index contributed by atoms with van der Waals surface area (Å²) >= 11 is 0. The molecule has 0 aromatic heterocycles. The van der Waals surface area contributed by atoms with Gasteiger partial charge < -0.3 is 5.11 Å². The van der Waals surface area contributed by atoms with Gasteiger partial charge in [-0.05, 0) is 18.6 Å². The molecule has 0 aliphatic rings. The van der Waals surface area contributed by atoms with Crippen LogP contribution in [0.25, 0.3) is 0 Å². The summed E-state index contributed by atoms with van der Waals surface area (Å²) in [6.45, 7) is 1.25. The summed E-state index contributed by atoms with van der Waals surface area (Å²) in [6, 6.07) is 2.28. The van der Waals surface area contributed by atoms with E-state index in [2.05, 4.69) is 0 Å². The van der Waals surface area contributed by atoms with E-state index in [4.69, 9.17) is 10.4 Å². The zero-order valence-electron chi connectivity index (χ0n) is 7.84. The third kappa shape index (κ3) is 1.94. The minimum Gasteiger partial charge on any atom is -0.478 e. The lowest BCUT2D eigenvalue weighted by Crippen LogP contribution is -2.07. The van der Waals surface area contributed by atoms with Gasteiger partial charge in [0.15, 0.2) is 0 Å². The first kappa shape index (κ1) is 11.1. The highest BCUT2D eigenvalue weighted by Gasteiger charge is 2.19. The smallest absolute Gasteiger partial charge is 0.338 e. The molecule has 0 heterocycles. The van der Waals surface area contributed by atoms with Crippen molar-refractivity contribution in [3.63, 3.8) is 0 Å². The zero-order valence-corrected chi connectivity index (χ0v) is 7.84. The quantitative estimate of drug-likeness (QED) is 0.814. The van der Waals surface area contributed by atoms with Crippen LogP contribution in [0, 0.1) is 29.9 Å². The maximum atomic E-state index is 13.4. The number of aromatic carboxylic acids is 1. The van der Waals surface area contributed by atoms with E-state index in [0.717, 1.165) is 0 Å². The lowest BCUT2D eigenvalue weighted by atomic mass is 10.0. The lowest BCUT2D eigenvalue weighted by molar-refractivity contribution is 0.0691. The molecule has 0 bridgehead atoms. The van der Waals surface area contributed by atoms with Crippen molar-refractivity contribution in [1.82, 2.24) is 0 Å². The molecule has 15 heavy (non-hydrogen) atoms. The van der Waals surface area contributed by atoms with Crippen molar-refractivity contribution in [1.29, 1.82) is 5.26 Å². The normalized spacial score (nSPS) is 9.73. The second kappa shape index (κ2) is 4.05. The number of benzene rings is 1. The third-order valence-electron chi connectivity index (χ3n) is 2.06. The number of rotatable bonds is 2. The molecule has 0 fully saturated rings. The third-order valence-corrected chi connectivity index (χ3v) is 2.06. The summed E-state index contributed by atoms with van der Waals surface area (Å²) in [5.41, 5.74) is -0.944. The average Bonchev–Trinajstić information content (AvgIpc) is 2.18. The van der Waals surface area contributed by atoms with Crippen molar-refractivity contribution in [3.8, 4) is 6.07 Å². The van der Waals surface area contributed by atoms with E-state index in [9.17, 15) is 13.6 Å². The molecular weight excluding hydrogens is 204 g/mol. The molecule has 3 nitrogen and oxygen atoms in total. The van der Waals surface area contributed by atoms with Crippen LogP contribution in [-0.4, -0.2) is 11.1 Å². The number of nitriles is 1. The maximum Gasteiger partial charge on any atom is 0.338 e. The molecule has 78 valence electrons. The first-order chi connectivity index (χ1) is 6.99. The molecule has 0 aliphatic carbocycles. The first-order valence-electron chi connectivity index (χ1n) is 4.06. The number of halogens is 2. The van der Waals surface area contributed by atoms with E-state index in [1.54, 1.807) is 6.07 Å². The van der Waals surface area contributed by atoms with Crippen LogP contribution in [0.3, 0.4) is 0 Å². The standard InChI is InChI=1S/C10H7F2NO2/c1-5-6(2-3-13)8(11)4-7(9(5)12)10(14)15/h4H,2H2,1H3,(H,14,15). The Hall–Kier alpha value is -1.96. The van der Waals surface area contributed by atoms with E-state index < -0.39 is 23.2 Å². The highest BCUT2D eigenvalue weighted by molar-refractivity contribution is 5.88. The molecule has 1 aromatic carbocycles. The van der Waals surface area contributed by atoms with Gasteiger partial charge in [-0.15, -0.1) is 0 Å². The van der Waals surface area contributed by atoms with E-state index in [1.165, 1.54) is 6.92 Å². The fraction of sp³-hybridized carbons (Fsp3) is 0.200. The second-order valence-electron chi connectivity index (χ2n) is 2.96. The second-order valence-corrected chi connectivity index (χ2v) is 2.96. The number of hydrogen-bond donors (Lipinski definition) is 1. The van der Waals surface area contributed by atoms with Gasteiger partial charge >= 0.3 is 5.97 Å². The highest BCUT2D eigenvalue weighted by Crippen LogP contribution is 2.21.